The van der Waals surface area contributed by atoms with E-state index in [2.05, 4.69) is 16.3 Å². The molecule has 4 nitrogen and oxygen atoms in total. The zero-order valence-corrected chi connectivity index (χ0v) is 12.2. The molecule has 0 amide bonds. The lowest BCUT2D eigenvalue weighted by Crippen LogP contribution is -2.00. The summed E-state index contributed by atoms with van der Waals surface area (Å²) in [6.45, 7) is 5.28. The topological polar surface area (TPSA) is 51.2 Å². The normalized spacial score (nSPS) is 9.81. The minimum Gasteiger partial charge on any atom is -0.438 e. The standard InChI is InChI=1S/C17H16N2O2/c1-5-18-15-8-9-17(19-12(15)3)21-16-10-11(2)6-7-14(16)13(4)20/h1,6-10,18H,2-4H3. The van der Waals surface area contributed by atoms with E-state index in [0.717, 1.165) is 16.9 Å². The highest BCUT2D eigenvalue weighted by atomic mass is 16.5. The second-order valence-electron chi connectivity index (χ2n) is 4.71. The molecule has 106 valence electrons. The molecule has 2 aromatic rings. The summed E-state index contributed by atoms with van der Waals surface area (Å²) < 4.78 is 5.75. The summed E-state index contributed by atoms with van der Waals surface area (Å²) in [5.74, 6) is 0.877. The number of ketones is 1. The van der Waals surface area contributed by atoms with Gasteiger partial charge in [-0.2, -0.15) is 0 Å². The number of anilines is 1. The molecule has 0 aliphatic heterocycles. The number of aromatic nitrogens is 1. The van der Waals surface area contributed by atoms with Crippen LogP contribution in [0, 0.1) is 26.3 Å². The van der Waals surface area contributed by atoms with E-state index in [0.29, 0.717) is 17.2 Å². The van der Waals surface area contributed by atoms with Crippen molar-refractivity contribution in [1.29, 1.82) is 0 Å². The predicted octanol–water partition coefficient (Wildman–Crippen LogP) is 3.70. The van der Waals surface area contributed by atoms with Gasteiger partial charge in [-0.3, -0.25) is 4.79 Å². The fourth-order valence-electron chi connectivity index (χ4n) is 1.92. The van der Waals surface area contributed by atoms with E-state index in [9.17, 15) is 4.79 Å². The van der Waals surface area contributed by atoms with Crippen molar-refractivity contribution in [3.05, 3.63) is 47.2 Å². The third-order valence-corrected chi connectivity index (χ3v) is 3.00. The lowest BCUT2D eigenvalue weighted by atomic mass is 10.1. The van der Waals surface area contributed by atoms with Crippen molar-refractivity contribution in [3.63, 3.8) is 0 Å². The number of nitrogens with zero attached hydrogens (tertiary/aromatic N) is 1. The second kappa shape index (κ2) is 6.10. The number of carbonyl (C=O) groups is 1. The number of aryl methyl sites for hydroxylation is 2. The van der Waals surface area contributed by atoms with Gasteiger partial charge in [0.05, 0.1) is 16.9 Å². The maximum Gasteiger partial charge on any atom is 0.219 e. The van der Waals surface area contributed by atoms with E-state index in [4.69, 9.17) is 11.2 Å². The van der Waals surface area contributed by atoms with E-state index in [-0.39, 0.29) is 5.78 Å². The van der Waals surface area contributed by atoms with Gasteiger partial charge < -0.3 is 10.1 Å². The van der Waals surface area contributed by atoms with Crippen LogP contribution >= 0.6 is 0 Å². The Morgan fingerprint density at radius 3 is 2.67 bits per heavy atom. The summed E-state index contributed by atoms with van der Waals surface area (Å²) in [5, 5.41) is 2.76. The van der Waals surface area contributed by atoms with Gasteiger partial charge in [0, 0.05) is 12.1 Å². The van der Waals surface area contributed by atoms with Crippen LogP contribution in [0.25, 0.3) is 0 Å². The Labute approximate surface area is 124 Å². The molecule has 0 saturated carbocycles. The van der Waals surface area contributed by atoms with Crippen LogP contribution in [0.4, 0.5) is 5.69 Å². The van der Waals surface area contributed by atoms with Gasteiger partial charge in [-0.05, 0) is 44.5 Å². The summed E-state index contributed by atoms with van der Waals surface area (Å²) in [7, 11) is 0. The quantitative estimate of drug-likeness (QED) is 0.527. The van der Waals surface area contributed by atoms with Crippen LogP contribution in [0.15, 0.2) is 30.3 Å². The molecule has 0 fully saturated rings. The van der Waals surface area contributed by atoms with E-state index < -0.39 is 0 Å². The van der Waals surface area contributed by atoms with Crippen molar-refractivity contribution in [2.24, 2.45) is 0 Å². The van der Waals surface area contributed by atoms with Gasteiger partial charge >= 0.3 is 0 Å². The van der Waals surface area contributed by atoms with Crippen LogP contribution in [-0.2, 0) is 0 Å². The number of nitrogens with one attached hydrogen (secondary N) is 1. The van der Waals surface area contributed by atoms with Crippen molar-refractivity contribution in [2.45, 2.75) is 20.8 Å². The van der Waals surface area contributed by atoms with Crippen molar-refractivity contribution in [2.75, 3.05) is 5.32 Å². The van der Waals surface area contributed by atoms with Crippen LogP contribution < -0.4 is 10.1 Å². The molecule has 0 aliphatic carbocycles. The largest absolute Gasteiger partial charge is 0.438 e. The number of ether oxygens (including phenoxy) is 1. The molecule has 1 aromatic heterocycles. The molecular formula is C17H16N2O2. The smallest absolute Gasteiger partial charge is 0.219 e. The van der Waals surface area contributed by atoms with Crippen molar-refractivity contribution < 1.29 is 9.53 Å². The Kier molecular flexibility index (Phi) is 4.24. The van der Waals surface area contributed by atoms with E-state index in [1.807, 2.05) is 26.0 Å². The number of Topliss-reactive ketones (excluding diaryl/α,β-unsaturated/α-hetero) is 1. The molecule has 1 aromatic carbocycles. The number of carbonyl (C=O) groups excluding carboxylic acids is 1. The number of hydrogen-bond donors (Lipinski definition) is 1. The number of hydrogen-bond acceptors (Lipinski definition) is 4. The number of benzene rings is 1. The fourth-order valence-corrected chi connectivity index (χ4v) is 1.92. The molecule has 2 rings (SSSR count). The van der Waals surface area contributed by atoms with Gasteiger partial charge in [0.2, 0.25) is 5.88 Å². The lowest BCUT2D eigenvalue weighted by Gasteiger charge is -2.11. The minimum atomic E-state index is -0.0488. The van der Waals surface area contributed by atoms with E-state index in [1.54, 1.807) is 18.2 Å². The molecule has 0 unspecified atom stereocenters. The Bertz CT molecular complexity index is 730. The molecule has 0 saturated heterocycles. The molecule has 1 N–H and O–H groups in total. The summed E-state index contributed by atoms with van der Waals surface area (Å²) in [4.78, 5) is 16.0. The molecule has 0 spiro atoms. The third-order valence-electron chi connectivity index (χ3n) is 3.00. The van der Waals surface area contributed by atoms with Gasteiger partial charge in [-0.1, -0.05) is 12.5 Å². The Morgan fingerprint density at radius 1 is 1.29 bits per heavy atom. The molecule has 0 radical (unpaired) electrons. The summed E-state index contributed by atoms with van der Waals surface area (Å²) in [6, 6.07) is 11.3. The summed E-state index contributed by atoms with van der Waals surface area (Å²) in [5.41, 5.74) is 3.02. The van der Waals surface area contributed by atoms with E-state index >= 15 is 0 Å². The Morgan fingerprint density at radius 2 is 2.05 bits per heavy atom. The SMILES string of the molecule is C#CNc1ccc(Oc2cc(C)ccc2C(C)=O)nc1C. The first-order chi connectivity index (χ1) is 10.0. The van der Waals surface area contributed by atoms with E-state index in [1.165, 1.54) is 6.92 Å². The fraction of sp³-hybridized carbons (Fsp3) is 0.176. The first kappa shape index (κ1) is 14.6. The molecule has 0 aliphatic rings. The van der Waals surface area contributed by atoms with Gasteiger partial charge in [0.1, 0.15) is 5.75 Å². The van der Waals surface area contributed by atoms with Crippen molar-refractivity contribution >= 4 is 11.5 Å². The highest BCUT2D eigenvalue weighted by molar-refractivity contribution is 5.97. The first-order valence-electron chi connectivity index (χ1n) is 6.50. The zero-order valence-electron chi connectivity index (χ0n) is 12.2. The average Bonchev–Trinajstić information content (AvgIpc) is 2.42. The van der Waals surface area contributed by atoms with Crippen LogP contribution in [0.1, 0.15) is 28.5 Å². The molecule has 0 atom stereocenters. The summed E-state index contributed by atoms with van der Waals surface area (Å²) in [6.07, 6.45) is 5.20. The number of terminal acetylenes is 1. The van der Waals surface area contributed by atoms with Crippen molar-refractivity contribution in [1.82, 2.24) is 4.98 Å². The zero-order chi connectivity index (χ0) is 15.4. The molecule has 1 heterocycles. The minimum absolute atomic E-state index is 0.0488. The maximum atomic E-state index is 11.6. The Hall–Kier alpha value is -2.80. The highest BCUT2D eigenvalue weighted by Crippen LogP contribution is 2.27. The number of pyridine rings is 1. The van der Waals surface area contributed by atoms with Gasteiger partial charge in [0.15, 0.2) is 5.78 Å². The van der Waals surface area contributed by atoms with Crippen molar-refractivity contribution in [3.8, 4) is 24.1 Å². The molecule has 0 bridgehead atoms. The van der Waals surface area contributed by atoms with Crippen LogP contribution in [-0.4, -0.2) is 10.8 Å². The van der Waals surface area contributed by atoms with Crippen LogP contribution in [0.3, 0.4) is 0 Å². The number of rotatable bonds is 4. The predicted molar refractivity (Wildman–Crippen MR) is 82.7 cm³/mol. The van der Waals surface area contributed by atoms with Gasteiger partial charge in [-0.15, -0.1) is 0 Å². The van der Waals surface area contributed by atoms with Crippen LogP contribution in [0.5, 0.6) is 11.6 Å². The highest BCUT2D eigenvalue weighted by Gasteiger charge is 2.11. The summed E-state index contributed by atoms with van der Waals surface area (Å²) >= 11 is 0. The van der Waals surface area contributed by atoms with Crippen LogP contribution in [0.2, 0.25) is 0 Å². The monoisotopic (exact) mass is 280 g/mol. The lowest BCUT2D eigenvalue weighted by molar-refractivity contribution is 0.101. The second-order valence-corrected chi connectivity index (χ2v) is 4.71. The van der Waals surface area contributed by atoms with Gasteiger partial charge in [0.25, 0.3) is 0 Å². The van der Waals surface area contributed by atoms with Gasteiger partial charge in [-0.25, -0.2) is 4.98 Å². The third kappa shape index (κ3) is 3.40. The average molecular weight is 280 g/mol. The molecule has 4 heteroatoms. The molecule has 21 heavy (non-hydrogen) atoms. The first-order valence-corrected chi connectivity index (χ1v) is 6.50. The Balaban J connectivity index is 2.34. The molecular weight excluding hydrogens is 264 g/mol. The maximum absolute atomic E-state index is 11.6.